The van der Waals surface area contributed by atoms with Gasteiger partial charge in [0.15, 0.2) is 0 Å². The number of hydrogen-bond acceptors (Lipinski definition) is 2. The SMILES string of the molecule is CC(C)C(C)S(=O)C1CCCCC1N. The van der Waals surface area contributed by atoms with E-state index in [0.717, 1.165) is 12.8 Å². The summed E-state index contributed by atoms with van der Waals surface area (Å²) < 4.78 is 12.2. The van der Waals surface area contributed by atoms with Gasteiger partial charge in [0.2, 0.25) is 0 Å². The monoisotopic (exact) mass is 217 g/mol. The van der Waals surface area contributed by atoms with Gasteiger partial charge in [0, 0.05) is 22.1 Å². The van der Waals surface area contributed by atoms with Gasteiger partial charge in [-0.05, 0) is 18.8 Å². The molecule has 0 aliphatic heterocycles. The Labute approximate surface area is 90.1 Å². The van der Waals surface area contributed by atoms with E-state index in [9.17, 15) is 4.21 Å². The molecule has 0 spiro atoms. The van der Waals surface area contributed by atoms with E-state index >= 15 is 0 Å². The first-order valence-electron chi connectivity index (χ1n) is 5.69. The van der Waals surface area contributed by atoms with Gasteiger partial charge in [-0.3, -0.25) is 4.21 Å². The Bertz CT molecular complexity index is 205. The molecule has 84 valence electrons. The van der Waals surface area contributed by atoms with Crippen molar-refractivity contribution >= 4 is 10.8 Å². The van der Waals surface area contributed by atoms with Crippen molar-refractivity contribution in [2.45, 2.75) is 63.0 Å². The normalized spacial score (nSPS) is 32.9. The minimum Gasteiger partial charge on any atom is -0.327 e. The summed E-state index contributed by atoms with van der Waals surface area (Å²) in [4.78, 5) is 0. The van der Waals surface area contributed by atoms with Crippen LogP contribution in [-0.4, -0.2) is 20.8 Å². The van der Waals surface area contributed by atoms with E-state index in [1.807, 2.05) is 0 Å². The van der Waals surface area contributed by atoms with E-state index in [-0.39, 0.29) is 16.5 Å². The van der Waals surface area contributed by atoms with Crippen LogP contribution in [0.15, 0.2) is 0 Å². The van der Waals surface area contributed by atoms with Crippen molar-refractivity contribution in [1.29, 1.82) is 0 Å². The molecule has 2 nitrogen and oxygen atoms in total. The predicted octanol–water partition coefficient (Wildman–Crippen LogP) is 2.05. The minimum absolute atomic E-state index is 0.172. The molecule has 0 bridgehead atoms. The third-order valence-corrected chi connectivity index (χ3v) is 5.82. The lowest BCUT2D eigenvalue weighted by Gasteiger charge is -2.31. The van der Waals surface area contributed by atoms with Crippen LogP contribution >= 0.6 is 0 Å². The molecule has 0 aromatic heterocycles. The van der Waals surface area contributed by atoms with E-state index < -0.39 is 10.8 Å². The van der Waals surface area contributed by atoms with Crippen LogP contribution in [0.2, 0.25) is 0 Å². The Balaban J connectivity index is 2.58. The predicted molar refractivity (Wildman–Crippen MR) is 62.7 cm³/mol. The van der Waals surface area contributed by atoms with E-state index in [4.69, 9.17) is 5.73 Å². The van der Waals surface area contributed by atoms with Crippen molar-refractivity contribution in [3.63, 3.8) is 0 Å². The summed E-state index contributed by atoms with van der Waals surface area (Å²) >= 11 is 0. The Kier molecular flexibility index (Phi) is 4.58. The van der Waals surface area contributed by atoms with Crippen LogP contribution in [0, 0.1) is 5.92 Å². The average molecular weight is 217 g/mol. The number of nitrogens with two attached hydrogens (primary N) is 1. The number of rotatable bonds is 3. The first-order chi connectivity index (χ1) is 6.54. The summed E-state index contributed by atoms with van der Waals surface area (Å²) in [6, 6.07) is 0.172. The lowest BCUT2D eigenvalue weighted by Crippen LogP contribution is -2.43. The van der Waals surface area contributed by atoms with Crippen LogP contribution in [-0.2, 0) is 10.8 Å². The molecule has 1 aliphatic rings. The Morgan fingerprint density at radius 3 is 2.29 bits per heavy atom. The second kappa shape index (κ2) is 5.26. The van der Waals surface area contributed by atoms with Crippen molar-refractivity contribution in [1.82, 2.24) is 0 Å². The molecule has 4 atom stereocenters. The lowest BCUT2D eigenvalue weighted by molar-refractivity contribution is 0.440. The molecule has 0 aromatic carbocycles. The molecule has 1 aliphatic carbocycles. The van der Waals surface area contributed by atoms with Gasteiger partial charge in [0.05, 0.1) is 5.25 Å². The zero-order valence-corrected chi connectivity index (χ0v) is 10.3. The molecule has 1 fully saturated rings. The molecule has 0 amide bonds. The first-order valence-corrected chi connectivity index (χ1v) is 6.96. The van der Waals surface area contributed by atoms with Crippen LogP contribution in [0.25, 0.3) is 0 Å². The molecule has 0 saturated heterocycles. The zero-order chi connectivity index (χ0) is 10.7. The summed E-state index contributed by atoms with van der Waals surface area (Å²) in [6.45, 7) is 6.36. The van der Waals surface area contributed by atoms with Gasteiger partial charge >= 0.3 is 0 Å². The molecule has 2 N–H and O–H groups in total. The van der Waals surface area contributed by atoms with Crippen LogP contribution in [0.1, 0.15) is 46.5 Å². The summed E-state index contributed by atoms with van der Waals surface area (Å²) in [6.07, 6.45) is 4.53. The van der Waals surface area contributed by atoms with Gasteiger partial charge in [0.1, 0.15) is 0 Å². The quantitative estimate of drug-likeness (QED) is 0.786. The summed E-state index contributed by atoms with van der Waals surface area (Å²) in [5.41, 5.74) is 6.02. The van der Waals surface area contributed by atoms with Crippen LogP contribution < -0.4 is 5.73 Å². The second-order valence-corrected chi connectivity index (χ2v) is 6.77. The highest BCUT2D eigenvalue weighted by atomic mass is 32.2. The minimum atomic E-state index is -0.736. The van der Waals surface area contributed by atoms with Crippen molar-refractivity contribution in [2.75, 3.05) is 0 Å². The van der Waals surface area contributed by atoms with Crippen LogP contribution in [0.3, 0.4) is 0 Å². The fraction of sp³-hybridized carbons (Fsp3) is 1.00. The maximum Gasteiger partial charge on any atom is 0.0501 e. The van der Waals surface area contributed by atoms with E-state index in [0.29, 0.717) is 5.92 Å². The van der Waals surface area contributed by atoms with Crippen molar-refractivity contribution in [3.05, 3.63) is 0 Å². The second-order valence-electron chi connectivity index (χ2n) is 4.76. The van der Waals surface area contributed by atoms with E-state index in [2.05, 4.69) is 20.8 Å². The van der Waals surface area contributed by atoms with Gasteiger partial charge in [-0.2, -0.15) is 0 Å². The topological polar surface area (TPSA) is 43.1 Å². The average Bonchev–Trinajstić information content (AvgIpc) is 2.16. The molecule has 0 radical (unpaired) electrons. The molecule has 4 unspecified atom stereocenters. The lowest BCUT2D eigenvalue weighted by atomic mass is 9.96. The van der Waals surface area contributed by atoms with Gasteiger partial charge in [-0.15, -0.1) is 0 Å². The van der Waals surface area contributed by atoms with E-state index in [1.54, 1.807) is 0 Å². The molecule has 0 heterocycles. The molecule has 0 aromatic rings. The summed E-state index contributed by atoms with van der Waals surface area (Å²) in [5, 5.41) is 0.533. The highest BCUT2D eigenvalue weighted by molar-refractivity contribution is 7.86. The Morgan fingerprint density at radius 2 is 1.79 bits per heavy atom. The molecule has 1 rings (SSSR count). The third kappa shape index (κ3) is 2.80. The van der Waals surface area contributed by atoms with Crippen molar-refractivity contribution < 1.29 is 4.21 Å². The smallest absolute Gasteiger partial charge is 0.0501 e. The van der Waals surface area contributed by atoms with Gasteiger partial charge < -0.3 is 5.73 Å². The van der Waals surface area contributed by atoms with Gasteiger partial charge in [-0.25, -0.2) is 0 Å². The van der Waals surface area contributed by atoms with Crippen LogP contribution in [0.5, 0.6) is 0 Å². The zero-order valence-electron chi connectivity index (χ0n) is 9.53. The highest BCUT2D eigenvalue weighted by Gasteiger charge is 2.30. The maximum atomic E-state index is 12.2. The first kappa shape index (κ1) is 12.2. The third-order valence-electron chi connectivity index (χ3n) is 3.36. The highest BCUT2D eigenvalue weighted by Crippen LogP contribution is 2.25. The molecule has 3 heteroatoms. The van der Waals surface area contributed by atoms with Crippen LogP contribution in [0.4, 0.5) is 0 Å². The van der Waals surface area contributed by atoms with Gasteiger partial charge in [-0.1, -0.05) is 33.6 Å². The Hall–Kier alpha value is 0.110. The largest absolute Gasteiger partial charge is 0.327 e. The fourth-order valence-corrected chi connectivity index (χ4v) is 3.93. The molecular formula is C11H23NOS. The van der Waals surface area contributed by atoms with Crippen molar-refractivity contribution in [2.24, 2.45) is 11.7 Å². The fourth-order valence-electron chi connectivity index (χ4n) is 1.96. The Morgan fingerprint density at radius 1 is 1.21 bits per heavy atom. The van der Waals surface area contributed by atoms with Gasteiger partial charge in [0.25, 0.3) is 0 Å². The van der Waals surface area contributed by atoms with E-state index in [1.165, 1.54) is 12.8 Å². The summed E-state index contributed by atoms with van der Waals surface area (Å²) in [7, 11) is -0.736. The van der Waals surface area contributed by atoms with Crippen molar-refractivity contribution in [3.8, 4) is 0 Å². The molecule has 1 saturated carbocycles. The standard InChI is InChI=1S/C11H23NOS/c1-8(2)9(3)14(13)11-7-5-4-6-10(11)12/h8-11H,4-7,12H2,1-3H3. The summed E-state index contributed by atoms with van der Waals surface area (Å²) in [5.74, 6) is 0.491. The molecular weight excluding hydrogens is 194 g/mol. The maximum absolute atomic E-state index is 12.2. The molecule has 14 heavy (non-hydrogen) atoms. The number of hydrogen-bond donors (Lipinski definition) is 1.